The number of likely N-dealkylation sites (tertiary alicyclic amines) is 1. The zero-order valence-corrected chi connectivity index (χ0v) is 17.0. The highest BCUT2D eigenvalue weighted by Crippen LogP contribution is 2.68. The van der Waals surface area contributed by atoms with Crippen LogP contribution in [0.4, 0.5) is 0 Å². The van der Waals surface area contributed by atoms with Crippen molar-refractivity contribution in [2.24, 2.45) is 5.92 Å². The maximum Gasteiger partial charge on any atom is 0.207 e. The van der Waals surface area contributed by atoms with Crippen LogP contribution in [0.25, 0.3) is 0 Å². The molecule has 7 rings (SSSR count). The van der Waals surface area contributed by atoms with E-state index in [-0.39, 0.29) is 12.1 Å². The fourth-order valence-electron chi connectivity index (χ4n) is 7.36. The van der Waals surface area contributed by atoms with Crippen LogP contribution in [0.15, 0.2) is 12.1 Å². The molecule has 4 fully saturated rings. The summed E-state index contributed by atoms with van der Waals surface area (Å²) in [5, 5.41) is 12.4. The molecule has 29 heavy (non-hydrogen) atoms. The van der Waals surface area contributed by atoms with Gasteiger partial charge in [0.05, 0.1) is 31.3 Å². The van der Waals surface area contributed by atoms with Gasteiger partial charge in [-0.3, -0.25) is 4.90 Å². The van der Waals surface area contributed by atoms with E-state index in [1.807, 2.05) is 6.07 Å². The molecule has 4 unspecified atom stereocenters. The lowest BCUT2D eigenvalue weighted by Crippen LogP contribution is -2.79. The van der Waals surface area contributed by atoms with Gasteiger partial charge in [-0.1, -0.05) is 6.07 Å². The van der Waals surface area contributed by atoms with Gasteiger partial charge in [0.1, 0.15) is 0 Å². The second kappa shape index (κ2) is 5.47. The highest BCUT2D eigenvalue weighted by molar-refractivity contribution is 5.63. The van der Waals surface area contributed by atoms with Crippen LogP contribution in [0.3, 0.4) is 0 Å². The van der Waals surface area contributed by atoms with E-state index >= 15 is 0 Å². The van der Waals surface area contributed by atoms with Crippen LogP contribution in [0, 0.1) is 5.92 Å². The summed E-state index contributed by atoms with van der Waals surface area (Å²) in [5.74, 6) is 1.62. The predicted octanol–water partition coefficient (Wildman–Crippen LogP) is 2.00. The monoisotopic (exact) mass is 399 g/mol. The molecule has 2 bridgehead atoms. The fourth-order valence-corrected chi connectivity index (χ4v) is 7.36. The van der Waals surface area contributed by atoms with Crippen molar-refractivity contribution < 1.29 is 24.1 Å². The van der Waals surface area contributed by atoms with E-state index in [0.29, 0.717) is 26.1 Å². The number of rotatable bonds is 3. The highest BCUT2D eigenvalue weighted by atomic mass is 16.8. The highest BCUT2D eigenvalue weighted by Gasteiger charge is 2.77. The molecule has 3 aliphatic heterocycles. The Morgan fingerprint density at radius 2 is 2.00 bits per heavy atom. The van der Waals surface area contributed by atoms with Gasteiger partial charge in [-0.05, 0) is 56.2 Å². The quantitative estimate of drug-likeness (QED) is 0.839. The summed E-state index contributed by atoms with van der Waals surface area (Å²) < 4.78 is 24.8. The molecule has 6 nitrogen and oxygen atoms in total. The predicted molar refractivity (Wildman–Crippen MR) is 104 cm³/mol. The topological polar surface area (TPSA) is 60.4 Å². The van der Waals surface area contributed by atoms with Gasteiger partial charge in [0, 0.05) is 24.6 Å². The maximum atomic E-state index is 12.4. The van der Waals surface area contributed by atoms with Crippen molar-refractivity contribution in [2.75, 3.05) is 33.4 Å². The molecule has 2 saturated heterocycles. The maximum absolute atomic E-state index is 12.4. The van der Waals surface area contributed by atoms with Gasteiger partial charge >= 0.3 is 0 Å². The van der Waals surface area contributed by atoms with Crippen molar-refractivity contribution in [2.45, 2.75) is 67.5 Å². The van der Waals surface area contributed by atoms with Crippen LogP contribution in [-0.2, 0) is 21.3 Å². The van der Waals surface area contributed by atoms with Gasteiger partial charge in [0.25, 0.3) is 0 Å². The van der Waals surface area contributed by atoms with Gasteiger partial charge in [-0.25, -0.2) is 0 Å². The molecular weight excluding hydrogens is 370 g/mol. The summed E-state index contributed by atoms with van der Waals surface area (Å²) in [6.07, 6.45) is 5.46. The van der Waals surface area contributed by atoms with Gasteiger partial charge in [0.2, 0.25) is 5.79 Å². The van der Waals surface area contributed by atoms with Crippen molar-refractivity contribution in [3.05, 3.63) is 23.3 Å². The smallest absolute Gasteiger partial charge is 0.207 e. The lowest BCUT2D eigenvalue weighted by Gasteiger charge is -2.65. The van der Waals surface area contributed by atoms with Crippen molar-refractivity contribution >= 4 is 0 Å². The minimum absolute atomic E-state index is 0.133. The molecule has 3 heterocycles. The van der Waals surface area contributed by atoms with E-state index in [4.69, 9.17) is 18.9 Å². The van der Waals surface area contributed by atoms with Crippen molar-refractivity contribution in [3.8, 4) is 11.5 Å². The van der Waals surface area contributed by atoms with Crippen LogP contribution in [0.5, 0.6) is 11.5 Å². The molecule has 0 radical (unpaired) electrons. The Labute approximate surface area is 171 Å². The number of hydrogen-bond donors (Lipinski definition) is 1. The first-order chi connectivity index (χ1) is 14.1. The van der Waals surface area contributed by atoms with E-state index in [1.165, 1.54) is 24.0 Å². The van der Waals surface area contributed by atoms with Gasteiger partial charge in [0.15, 0.2) is 17.6 Å². The molecule has 2 saturated carbocycles. The minimum Gasteiger partial charge on any atom is -0.493 e. The third-order valence-electron chi connectivity index (χ3n) is 8.75. The lowest BCUT2D eigenvalue weighted by molar-refractivity contribution is -0.296. The molecule has 0 aromatic heterocycles. The third kappa shape index (κ3) is 1.93. The van der Waals surface area contributed by atoms with Crippen molar-refractivity contribution in [3.63, 3.8) is 0 Å². The van der Waals surface area contributed by atoms with Crippen molar-refractivity contribution in [1.29, 1.82) is 0 Å². The lowest BCUT2D eigenvalue weighted by atomic mass is 9.48. The Morgan fingerprint density at radius 3 is 2.76 bits per heavy atom. The number of benzene rings is 1. The summed E-state index contributed by atoms with van der Waals surface area (Å²) in [6.45, 7) is 3.29. The molecule has 4 atom stereocenters. The molecule has 1 aromatic rings. The normalized spacial score (nSPS) is 41.3. The third-order valence-corrected chi connectivity index (χ3v) is 8.75. The van der Waals surface area contributed by atoms with Crippen LogP contribution in [0.1, 0.15) is 43.2 Å². The van der Waals surface area contributed by atoms with E-state index in [1.54, 1.807) is 7.11 Å². The van der Waals surface area contributed by atoms with Crippen LogP contribution in [-0.4, -0.2) is 67.0 Å². The average Bonchev–Trinajstić information content (AvgIpc) is 3.28. The Balaban J connectivity index is 1.44. The molecule has 3 aliphatic carbocycles. The van der Waals surface area contributed by atoms with Crippen LogP contribution < -0.4 is 9.47 Å². The first-order valence-electron chi connectivity index (χ1n) is 11.2. The van der Waals surface area contributed by atoms with Gasteiger partial charge < -0.3 is 24.1 Å². The summed E-state index contributed by atoms with van der Waals surface area (Å²) in [5.41, 5.74) is 1.16. The summed E-state index contributed by atoms with van der Waals surface area (Å²) in [6, 6.07) is 4.35. The first-order valence-corrected chi connectivity index (χ1v) is 11.2. The Kier molecular flexibility index (Phi) is 3.27. The largest absolute Gasteiger partial charge is 0.493 e. The minimum atomic E-state index is -0.823. The van der Waals surface area contributed by atoms with E-state index in [0.717, 1.165) is 43.3 Å². The van der Waals surface area contributed by atoms with Crippen molar-refractivity contribution in [1.82, 2.24) is 4.90 Å². The standard InChI is InChI=1S/C23H29NO5/c1-26-16-5-4-15-12-17-22(25)6-7-23(27-10-11-28-23)20-21(22,18(15)19(16)29-20)8-9-24(17)13-14-2-3-14/h4-5,14,17,20,25H,2-3,6-13H2,1H3. The number of hydrogen-bond acceptors (Lipinski definition) is 6. The zero-order valence-electron chi connectivity index (χ0n) is 17.0. The first kappa shape index (κ1) is 17.4. The van der Waals surface area contributed by atoms with Crippen LogP contribution >= 0.6 is 0 Å². The number of fused-ring (bicyclic) bond motifs is 1. The number of aliphatic hydroxyl groups is 1. The average molecular weight is 399 g/mol. The van der Waals surface area contributed by atoms with E-state index in [2.05, 4.69) is 11.0 Å². The number of ether oxygens (including phenoxy) is 4. The second-order valence-corrected chi connectivity index (χ2v) is 9.94. The van der Waals surface area contributed by atoms with E-state index < -0.39 is 16.8 Å². The fraction of sp³-hybridized carbons (Fsp3) is 0.739. The SMILES string of the molecule is COc1ccc2c3c1OC1C4(CCC5(O)C(C2)N(CC2CC2)CCC315)OCCO4. The molecule has 156 valence electrons. The molecule has 6 aliphatic rings. The zero-order chi connectivity index (χ0) is 19.4. The molecule has 1 aromatic carbocycles. The van der Waals surface area contributed by atoms with Gasteiger partial charge in [-0.2, -0.15) is 0 Å². The Hall–Kier alpha value is -1.34. The molecule has 2 spiro atoms. The second-order valence-electron chi connectivity index (χ2n) is 9.94. The van der Waals surface area contributed by atoms with E-state index in [9.17, 15) is 5.11 Å². The molecule has 6 heteroatoms. The molecular formula is C23H29NO5. The van der Waals surface area contributed by atoms with Gasteiger partial charge in [-0.15, -0.1) is 0 Å². The van der Waals surface area contributed by atoms with Crippen LogP contribution in [0.2, 0.25) is 0 Å². The Bertz CT molecular complexity index is 878. The summed E-state index contributed by atoms with van der Waals surface area (Å²) in [4.78, 5) is 2.58. The number of methoxy groups -OCH3 is 1. The molecule has 1 N–H and O–H groups in total. The Morgan fingerprint density at radius 1 is 1.17 bits per heavy atom. The molecule has 0 amide bonds. The summed E-state index contributed by atoms with van der Waals surface area (Å²) in [7, 11) is 1.69. The number of piperidine rings is 1. The number of nitrogens with zero attached hydrogens (tertiary/aromatic N) is 1. The summed E-state index contributed by atoms with van der Waals surface area (Å²) >= 11 is 0.